The maximum absolute atomic E-state index is 14.1. The van der Waals surface area contributed by atoms with Crippen LogP contribution in [0.3, 0.4) is 0 Å². The molecule has 2 unspecified atom stereocenters. The van der Waals surface area contributed by atoms with Gasteiger partial charge in [-0.05, 0) is 55.3 Å². The van der Waals surface area contributed by atoms with Crippen LogP contribution < -0.4 is 5.32 Å². The Morgan fingerprint density at radius 2 is 1.81 bits per heavy atom. The maximum atomic E-state index is 14.1. The zero-order valence-corrected chi connectivity index (χ0v) is 19.0. The van der Waals surface area contributed by atoms with E-state index in [2.05, 4.69) is 27.1 Å². The van der Waals surface area contributed by atoms with Crippen LogP contribution in [0.4, 0.5) is 18.0 Å². The Bertz CT molecular complexity index is 849. The maximum Gasteiger partial charge on any atom is 0.407 e. The number of amides is 1. The lowest BCUT2D eigenvalue weighted by Gasteiger charge is -2.34. The Morgan fingerprint density at radius 3 is 2.50 bits per heavy atom. The highest BCUT2D eigenvalue weighted by molar-refractivity contribution is 5.67. The van der Waals surface area contributed by atoms with Crippen molar-refractivity contribution in [1.82, 2.24) is 10.2 Å². The standard InChI is InChI=1S/C23H27F3N2O2.C2H6/c1-30-23(29)27-19(12-18-13-21(25)22(26)14-20(18)24)9-11-28-10-5-8-17(15-28)16-6-3-2-4-7-16;1-2/h2-4,6-7,13-14,17,19H,5,8-12,15H2,1H3,(H,27,29);1-2H3. The van der Waals surface area contributed by atoms with Gasteiger partial charge in [0.05, 0.1) is 7.11 Å². The Morgan fingerprint density at radius 1 is 1.12 bits per heavy atom. The summed E-state index contributed by atoms with van der Waals surface area (Å²) in [5.41, 5.74) is 1.34. The minimum Gasteiger partial charge on any atom is -0.453 e. The third kappa shape index (κ3) is 7.55. The largest absolute Gasteiger partial charge is 0.453 e. The number of halogens is 3. The molecule has 2 aromatic rings. The summed E-state index contributed by atoms with van der Waals surface area (Å²) in [5, 5.41) is 2.69. The van der Waals surface area contributed by atoms with Crippen molar-refractivity contribution in [1.29, 1.82) is 0 Å². The summed E-state index contributed by atoms with van der Waals surface area (Å²) in [5.74, 6) is -2.71. The lowest BCUT2D eigenvalue weighted by atomic mass is 9.90. The first-order chi connectivity index (χ1) is 15.5. The van der Waals surface area contributed by atoms with Gasteiger partial charge in [-0.25, -0.2) is 18.0 Å². The van der Waals surface area contributed by atoms with E-state index in [1.807, 2.05) is 32.0 Å². The molecule has 1 aliphatic rings. The normalized spacial score (nSPS) is 17.1. The predicted molar refractivity (Wildman–Crippen MR) is 120 cm³/mol. The zero-order chi connectivity index (χ0) is 23.5. The molecule has 0 bridgehead atoms. The number of carbonyl (C=O) groups excluding carboxylic acids is 1. The highest BCUT2D eigenvalue weighted by atomic mass is 19.2. The molecule has 1 heterocycles. The van der Waals surface area contributed by atoms with Gasteiger partial charge >= 0.3 is 6.09 Å². The number of methoxy groups -OCH3 is 1. The van der Waals surface area contributed by atoms with Crippen molar-refractivity contribution >= 4 is 6.09 Å². The molecule has 2 aromatic carbocycles. The minimum atomic E-state index is -1.23. The van der Waals surface area contributed by atoms with Crippen molar-refractivity contribution in [2.45, 2.75) is 51.5 Å². The minimum absolute atomic E-state index is 0.0242. The number of nitrogens with zero attached hydrogens (tertiary/aromatic N) is 1. The summed E-state index contributed by atoms with van der Waals surface area (Å²) in [7, 11) is 1.25. The second kappa shape index (κ2) is 13.1. The number of hydrogen-bond donors (Lipinski definition) is 1. The molecule has 0 aromatic heterocycles. The SMILES string of the molecule is CC.COC(=O)NC(CCN1CCCC(c2ccccc2)C1)Cc1cc(F)c(F)cc1F. The van der Waals surface area contributed by atoms with E-state index in [-0.39, 0.29) is 12.0 Å². The molecule has 0 spiro atoms. The first kappa shape index (κ1) is 25.7. The van der Waals surface area contributed by atoms with Crippen LogP contribution in [0.2, 0.25) is 0 Å². The molecule has 32 heavy (non-hydrogen) atoms. The van der Waals surface area contributed by atoms with E-state index in [1.165, 1.54) is 12.7 Å². The quantitative estimate of drug-likeness (QED) is 0.553. The van der Waals surface area contributed by atoms with E-state index in [4.69, 9.17) is 0 Å². The summed E-state index contributed by atoms with van der Waals surface area (Å²) in [4.78, 5) is 14.1. The van der Waals surface area contributed by atoms with E-state index < -0.39 is 29.6 Å². The van der Waals surface area contributed by atoms with Gasteiger partial charge < -0.3 is 15.0 Å². The van der Waals surface area contributed by atoms with Gasteiger partial charge in [-0.3, -0.25) is 0 Å². The van der Waals surface area contributed by atoms with Gasteiger partial charge in [0.1, 0.15) is 5.82 Å². The molecule has 1 amide bonds. The lowest BCUT2D eigenvalue weighted by molar-refractivity contribution is 0.161. The molecule has 7 heteroatoms. The molecular formula is C25H33F3N2O2. The number of likely N-dealkylation sites (tertiary alicyclic amines) is 1. The van der Waals surface area contributed by atoms with Crippen LogP contribution in [0.5, 0.6) is 0 Å². The molecule has 0 radical (unpaired) electrons. The summed E-state index contributed by atoms with van der Waals surface area (Å²) >= 11 is 0. The molecule has 4 nitrogen and oxygen atoms in total. The van der Waals surface area contributed by atoms with Gasteiger partial charge in [0.2, 0.25) is 0 Å². The number of hydrogen-bond acceptors (Lipinski definition) is 3. The Labute approximate surface area is 188 Å². The summed E-state index contributed by atoms with van der Waals surface area (Å²) in [6.45, 7) is 6.56. The first-order valence-corrected chi connectivity index (χ1v) is 11.2. The van der Waals surface area contributed by atoms with Crippen LogP contribution in [-0.4, -0.2) is 43.8 Å². The molecule has 1 saturated heterocycles. The van der Waals surface area contributed by atoms with Gasteiger partial charge in [-0.15, -0.1) is 0 Å². The number of rotatable bonds is 7. The van der Waals surface area contributed by atoms with Crippen LogP contribution in [-0.2, 0) is 11.2 Å². The van der Waals surface area contributed by atoms with Crippen LogP contribution in [0, 0.1) is 17.5 Å². The highest BCUT2D eigenvalue weighted by Gasteiger charge is 2.23. The molecule has 1 aliphatic heterocycles. The fourth-order valence-electron chi connectivity index (χ4n) is 4.03. The molecular weight excluding hydrogens is 417 g/mol. The number of alkyl carbamates (subject to hydrolysis) is 1. The van der Waals surface area contributed by atoms with E-state index in [9.17, 15) is 18.0 Å². The number of carbonyl (C=O) groups is 1. The van der Waals surface area contributed by atoms with Gasteiger partial charge in [-0.1, -0.05) is 44.2 Å². The molecule has 1 fully saturated rings. The fourth-order valence-corrected chi connectivity index (χ4v) is 4.03. The summed E-state index contributed by atoms with van der Waals surface area (Å²) in [6, 6.07) is 11.3. The molecule has 3 rings (SSSR count). The van der Waals surface area contributed by atoms with Crippen molar-refractivity contribution in [3.63, 3.8) is 0 Å². The third-order valence-corrected chi connectivity index (χ3v) is 5.63. The number of benzene rings is 2. The molecule has 0 aliphatic carbocycles. The van der Waals surface area contributed by atoms with Crippen LogP contribution in [0.15, 0.2) is 42.5 Å². The van der Waals surface area contributed by atoms with E-state index in [0.717, 1.165) is 32.0 Å². The third-order valence-electron chi connectivity index (χ3n) is 5.63. The Kier molecular flexibility index (Phi) is 10.5. The highest BCUT2D eigenvalue weighted by Crippen LogP contribution is 2.27. The van der Waals surface area contributed by atoms with Crippen LogP contribution >= 0.6 is 0 Å². The van der Waals surface area contributed by atoms with Crippen molar-refractivity contribution in [3.8, 4) is 0 Å². The van der Waals surface area contributed by atoms with Crippen LogP contribution in [0.25, 0.3) is 0 Å². The van der Waals surface area contributed by atoms with Gasteiger partial charge in [-0.2, -0.15) is 0 Å². The van der Waals surface area contributed by atoms with Crippen molar-refractivity contribution in [2.24, 2.45) is 0 Å². The average molecular weight is 451 g/mol. The second-order valence-electron chi connectivity index (χ2n) is 7.73. The number of nitrogens with one attached hydrogen (secondary N) is 1. The Hall–Kier alpha value is -2.54. The summed E-state index contributed by atoms with van der Waals surface area (Å²) < 4.78 is 45.5. The zero-order valence-electron chi connectivity index (χ0n) is 19.0. The Balaban J connectivity index is 0.00000176. The number of ether oxygens (including phenoxy) is 1. The van der Waals surface area contributed by atoms with Crippen molar-refractivity contribution < 1.29 is 22.7 Å². The van der Waals surface area contributed by atoms with Crippen LogP contribution in [0.1, 0.15) is 50.2 Å². The van der Waals surface area contributed by atoms with Crippen molar-refractivity contribution in [3.05, 3.63) is 71.0 Å². The first-order valence-electron chi connectivity index (χ1n) is 11.2. The van der Waals surface area contributed by atoms with E-state index >= 15 is 0 Å². The summed E-state index contributed by atoms with van der Waals surface area (Å²) in [6.07, 6.45) is 2.16. The molecule has 176 valence electrons. The number of piperidine rings is 1. The average Bonchev–Trinajstić information content (AvgIpc) is 2.83. The molecule has 2 atom stereocenters. The van der Waals surface area contributed by atoms with Gasteiger partial charge in [0.25, 0.3) is 0 Å². The predicted octanol–water partition coefficient (Wildman–Crippen LogP) is 5.67. The van der Waals surface area contributed by atoms with Gasteiger partial charge in [0, 0.05) is 25.2 Å². The van der Waals surface area contributed by atoms with Crippen molar-refractivity contribution in [2.75, 3.05) is 26.7 Å². The topological polar surface area (TPSA) is 41.6 Å². The second-order valence-corrected chi connectivity index (χ2v) is 7.73. The van der Waals surface area contributed by atoms with E-state index in [0.29, 0.717) is 24.9 Å². The smallest absolute Gasteiger partial charge is 0.407 e. The fraction of sp³-hybridized carbons (Fsp3) is 0.480. The van der Waals surface area contributed by atoms with Gasteiger partial charge in [0.15, 0.2) is 11.6 Å². The lowest BCUT2D eigenvalue weighted by Crippen LogP contribution is -2.41. The van der Waals surface area contributed by atoms with E-state index in [1.54, 1.807) is 0 Å². The molecule has 1 N–H and O–H groups in total. The monoisotopic (exact) mass is 450 g/mol. The molecule has 0 saturated carbocycles.